The Bertz CT molecular complexity index is 369. The number of H-pyrrole nitrogens is 1. The van der Waals surface area contributed by atoms with Gasteiger partial charge in [0, 0.05) is 26.7 Å². The normalized spacial score (nSPS) is 26.5. The van der Waals surface area contributed by atoms with Crippen molar-refractivity contribution in [2.75, 3.05) is 20.2 Å². The van der Waals surface area contributed by atoms with Crippen LogP contribution >= 0.6 is 11.6 Å². The number of hydrogen-bond donors (Lipinski definition) is 2. The van der Waals surface area contributed by atoms with E-state index in [1.807, 2.05) is 6.92 Å². The van der Waals surface area contributed by atoms with Crippen molar-refractivity contribution in [2.24, 2.45) is 0 Å². The molecule has 0 aliphatic carbocycles. The number of aromatic nitrogens is 2. The predicted octanol–water partition coefficient (Wildman–Crippen LogP) is 0.563. The quantitative estimate of drug-likeness (QED) is 0.817. The number of hydrogen-bond acceptors (Lipinski definition) is 4. The number of aliphatic hydroxyl groups is 1. The van der Waals surface area contributed by atoms with E-state index in [4.69, 9.17) is 16.3 Å². The molecule has 0 radical (unpaired) electrons. The first-order valence-electron chi connectivity index (χ1n) is 5.24. The van der Waals surface area contributed by atoms with Crippen molar-refractivity contribution in [2.45, 2.75) is 25.7 Å². The summed E-state index contributed by atoms with van der Waals surface area (Å²) in [6.07, 6.45) is -0.539. The molecule has 2 rings (SSSR count). The second-order valence-electron chi connectivity index (χ2n) is 4.14. The molecule has 1 aliphatic rings. The summed E-state index contributed by atoms with van der Waals surface area (Å²) in [5.41, 5.74) is 1.70. The fourth-order valence-electron chi connectivity index (χ4n) is 1.98. The molecule has 0 bridgehead atoms. The number of nitrogens with zero attached hydrogens (tertiary/aromatic N) is 2. The molecule has 2 heterocycles. The Balaban J connectivity index is 1.99. The molecule has 0 amide bonds. The molecule has 2 atom stereocenters. The van der Waals surface area contributed by atoms with Crippen molar-refractivity contribution in [1.82, 2.24) is 15.1 Å². The first-order valence-corrected chi connectivity index (χ1v) is 5.62. The van der Waals surface area contributed by atoms with Crippen LogP contribution in [-0.4, -0.2) is 52.6 Å². The number of halogens is 1. The molecule has 1 aromatic heterocycles. The van der Waals surface area contributed by atoms with E-state index < -0.39 is 6.10 Å². The van der Waals surface area contributed by atoms with Gasteiger partial charge < -0.3 is 9.84 Å². The van der Waals surface area contributed by atoms with Crippen LogP contribution in [0.3, 0.4) is 0 Å². The zero-order valence-electron chi connectivity index (χ0n) is 9.40. The molecule has 0 spiro atoms. The molecule has 1 aromatic rings. The molecule has 1 aliphatic heterocycles. The van der Waals surface area contributed by atoms with Crippen molar-refractivity contribution in [1.29, 1.82) is 0 Å². The summed E-state index contributed by atoms with van der Waals surface area (Å²) >= 11 is 6.08. The zero-order valence-corrected chi connectivity index (χ0v) is 10.2. The van der Waals surface area contributed by atoms with Gasteiger partial charge in [0.1, 0.15) is 0 Å². The topological polar surface area (TPSA) is 61.4 Å². The maximum absolute atomic E-state index is 9.68. The molecule has 90 valence electrons. The number of rotatable bonds is 3. The molecule has 1 fully saturated rings. The molecule has 5 nitrogen and oxygen atoms in total. The van der Waals surface area contributed by atoms with Gasteiger partial charge in [-0.3, -0.25) is 10.00 Å². The lowest BCUT2D eigenvalue weighted by Gasteiger charge is -2.13. The van der Waals surface area contributed by atoms with Gasteiger partial charge in [0.05, 0.1) is 28.6 Å². The predicted molar refractivity (Wildman–Crippen MR) is 60.4 cm³/mol. The highest BCUT2D eigenvalue weighted by atomic mass is 35.5. The SMILES string of the molecule is CO[C@H]1CN(Cc2n[nH]c(C)c2Cl)C[C@@H]1O. The van der Waals surface area contributed by atoms with Gasteiger partial charge in [0.2, 0.25) is 0 Å². The Morgan fingerprint density at radius 3 is 2.88 bits per heavy atom. The Morgan fingerprint density at radius 2 is 2.38 bits per heavy atom. The van der Waals surface area contributed by atoms with E-state index in [1.54, 1.807) is 7.11 Å². The van der Waals surface area contributed by atoms with Crippen LogP contribution in [0.5, 0.6) is 0 Å². The Hall–Kier alpha value is -0.620. The molecule has 6 heteroatoms. The lowest BCUT2D eigenvalue weighted by atomic mass is 10.3. The zero-order chi connectivity index (χ0) is 11.7. The van der Waals surface area contributed by atoms with E-state index in [2.05, 4.69) is 15.1 Å². The lowest BCUT2D eigenvalue weighted by Crippen LogP contribution is -2.25. The highest BCUT2D eigenvalue weighted by Gasteiger charge is 2.31. The Kier molecular flexibility index (Phi) is 3.49. The second-order valence-corrected chi connectivity index (χ2v) is 4.52. The van der Waals surface area contributed by atoms with Gasteiger partial charge in [-0.1, -0.05) is 11.6 Å². The highest BCUT2D eigenvalue weighted by molar-refractivity contribution is 6.31. The van der Waals surface area contributed by atoms with E-state index in [1.165, 1.54) is 0 Å². The van der Waals surface area contributed by atoms with Gasteiger partial charge in [-0.05, 0) is 6.92 Å². The number of likely N-dealkylation sites (tertiary alicyclic amines) is 1. The van der Waals surface area contributed by atoms with Crippen molar-refractivity contribution >= 4 is 11.6 Å². The smallest absolute Gasteiger partial charge is 0.0969 e. The minimum absolute atomic E-state index is 0.112. The van der Waals surface area contributed by atoms with Gasteiger partial charge >= 0.3 is 0 Å². The maximum atomic E-state index is 9.68. The third-order valence-corrected chi connectivity index (χ3v) is 3.43. The molecule has 2 N–H and O–H groups in total. The van der Waals surface area contributed by atoms with Crippen molar-refractivity contribution in [3.8, 4) is 0 Å². The average Bonchev–Trinajstić information content (AvgIpc) is 2.76. The van der Waals surface area contributed by atoms with Gasteiger partial charge in [0.25, 0.3) is 0 Å². The number of ether oxygens (including phenoxy) is 1. The molecule has 16 heavy (non-hydrogen) atoms. The summed E-state index contributed by atoms with van der Waals surface area (Å²) in [4.78, 5) is 2.08. The summed E-state index contributed by atoms with van der Waals surface area (Å²) in [5.74, 6) is 0. The highest BCUT2D eigenvalue weighted by Crippen LogP contribution is 2.21. The van der Waals surface area contributed by atoms with Crippen LogP contribution in [-0.2, 0) is 11.3 Å². The minimum atomic E-state index is -0.427. The number of methoxy groups -OCH3 is 1. The molecule has 1 saturated heterocycles. The van der Waals surface area contributed by atoms with E-state index in [9.17, 15) is 5.11 Å². The monoisotopic (exact) mass is 245 g/mol. The summed E-state index contributed by atoms with van der Waals surface area (Å²) in [7, 11) is 1.61. The standard InChI is InChI=1S/C10H16ClN3O2/c1-6-10(11)7(13-12-6)3-14-4-8(15)9(5-14)16-2/h8-9,15H,3-5H2,1-2H3,(H,12,13)/t8-,9-/m0/s1. The Labute approximate surface area is 99.3 Å². The van der Waals surface area contributed by atoms with E-state index in [-0.39, 0.29) is 6.10 Å². The van der Waals surface area contributed by atoms with Crippen molar-refractivity contribution in [3.05, 3.63) is 16.4 Å². The van der Waals surface area contributed by atoms with Crippen molar-refractivity contribution in [3.63, 3.8) is 0 Å². The van der Waals surface area contributed by atoms with Crippen LogP contribution < -0.4 is 0 Å². The van der Waals surface area contributed by atoms with E-state index >= 15 is 0 Å². The average molecular weight is 246 g/mol. The largest absolute Gasteiger partial charge is 0.389 e. The second kappa shape index (κ2) is 4.71. The number of β-amino-alcohol motifs (C(OH)–C–C–N with tert-alkyl or cyclic N) is 1. The lowest BCUT2D eigenvalue weighted by molar-refractivity contribution is 0.0214. The van der Waals surface area contributed by atoms with E-state index in [0.717, 1.165) is 11.4 Å². The van der Waals surface area contributed by atoms with Crippen molar-refractivity contribution < 1.29 is 9.84 Å². The van der Waals surface area contributed by atoms with Gasteiger partial charge in [-0.2, -0.15) is 5.10 Å². The fourth-order valence-corrected chi connectivity index (χ4v) is 2.12. The van der Waals surface area contributed by atoms with Gasteiger partial charge in [-0.25, -0.2) is 0 Å². The summed E-state index contributed by atoms with van der Waals surface area (Å²) < 4.78 is 5.17. The third kappa shape index (κ3) is 2.22. The van der Waals surface area contributed by atoms with Gasteiger partial charge in [-0.15, -0.1) is 0 Å². The molecule has 0 unspecified atom stereocenters. The first kappa shape index (κ1) is 11.9. The Morgan fingerprint density at radius 1 is 1.62 bits per heavy atom. The number of nitrogens with one attached hydrogen (secondary N) is 1. The summed E-state index contributed by atoms with van der Waals surface area (Å²) in [6, 6.07) is 0. The number of aryl methyl sites for hydroxylation is 1. The van der Waals surface area contributed by atoms with Crippen LogP contribution in [0.2, 0.25) is 5.02 Å². The molecule has 0 aromatic carbocycles. The summed E-state index contributed by atoms with van der Waals surface area (Å²) in [6.45, 7) is 3.83. The third-order valence-electron chi connectivity index (χ3n) is 2.93. The first-order chi connectivity index (χ1) is 7.61. The molecular weight excluding hydrogens is 230 g/mol. The van der Waals surface area contributed by atoms with Crippen LogP contribution in [0.1, 0.15) is 11.4 Å². The van der Waals surface area contributed by atoms with Crippen LogP contribution in [0.15, 0.2) is 0 Å². The minimum Gasteiger partial charge on any atom is -0.389 e. The van der Waals surface area contributed by atoms with E-state index in [0.29, 0.717) is 24.7 Å². The van der Waals surface area contributed by atoms with Gasteiger partial charge in [0.15, 0.2) is 0 Å². The molecule has 0 saturated carbocycles. The maximum Gasteiger partial charge on any atom is 0.0969 e. The van der Waals surface area contributed by atoms with Crippen LogP contribution in [0.25, 0.3) is 0 Å². The molecular formula is C10H16ClN3O2. The number of aliphatic hydroxyl groups excluding tert-OH is 1. The summed E-state index contributed by atoms with van der Waals surface area (Å²) in [5, 5.41) is 17.3. The van der Waals surface area contributed by atoms with Crippen LogP contribution in [0.4, 0.5) is 0 Å². The van der Waals surface area contributed by atoms with Crippen LogP contribution in [0, 0.1) is 6.92 Å². The fraction of sp³-hybridized carbons (Fsp3) is 0.700. The number of aromatic amines is 1.